The number of hydrogen-bond acceptors (Lipinski definition) is 4. The molecule has 0 bridgehead atoms. The summed E-state index contributed by atoms with van der Waals surface area (Å²) in [7, 11) is 2.10. The fraction of sp³-hybridized carbons (Fsp3) is 0.917. The predicted octanol–water partition coefficient (Wildman–Crippen LogP) is 0.948. The van der Waals surface area contributed by atoms with E-state index in [0.29, 0.717) is 18.8 Å². The van der Waals surface area contributed by atoms with Crippen molar-refractivity contribution in [3.05, 3.63) is 0 Å². The van der Waals surface area contributed by atoms with Gasteiger partial charge in [-0.25, -0.2) is 4.79 Å². The van der Waals surface area contributed by atoms with Crippen LogP contribution in [0.1, 0.15) is 32.6 Å². The van der Waals surface area contributed by atoms with Crippen molar-refractivity contribution in [2.75, 3.05) is 20.1 Å². The fourth-order valence-electron chi connectivity index (χ4n) is 3.42. The maximum Gasteiger partial charge on any atom is 0.235 e. The molecule has 0 aromatic rings. The Balaban J connectivity index is 2.12. The number of carbonyl (C=O) groups excluding carboxylic acids is 1. The van der Waals surface area contributed by atoms with Crippen LogP contribution in [0.4, 0.5) is 0 Å². The molecule has 0 radical (unpaired) electrons. The molecule has 1 N–H and O–H groups in total. The zero-order valence-electron chi connectivity index (χ0n) is 10.1. The van der Waals surface area contributed by atoms with Crippen LogP contribution >= 0.6 is 0 Å². The van der Waals surface area contributed by atoms with Gasteiger partial charge < -0.3 is 10.0 Å². The highest BCUT2D eigenvalue weighted by atomic mass is 16.3. The van der Waals surface area contributed by atoms with Crippen molar-refractivity contribution < 1.29 is 9.90 Å². The first-order chi connectivity index (χ1) is 7.47. The van der Waals surface area contributed by atoms with E-state index >= 15 is 0 Å². The summed E-state index contributed by atoms with van der Waals surface area (Å²) in [5.41, 5.74) is -0.976. The van der Waals surface area contributed by atoms with Gasteiger partial charge in [0.1, 0.15) is 0 Å². The van der Waals surface area contributed by atoms with Crippen molar-refractivity contribution in [2.45, 2.75) is 43.7 Å². The Kier molecular flexibility index (Phi) is 2.91. The summed E-state index contributed by atoms with van der Waals surface area (Å²) >= 11 is 0. The van der Waals surface area contributed by atoms with Gasteiger partial charge >= 0.3 is 0 Å². The monoisotopic (exact) mass is 224 g/mol. The third-order valence-corrected chi connectivity index (χ3v) is 4.03. The van der Waals surface area contributed by atoms with E-state index in [1.54, 1.807) is 6.08 Å². The van der Waals surface area contributed by atoms with Gasteiger partial charge in [0, 0.05) is 19.4 Å². The van der Waals surface area contributed by atoms with E-state index in [9.17, 15) is 9.90 Å². The standard InChI is InChI=1S/C12H20N2O2/c1-11(16)7-12(8-11,13-9-15)10-4-3-5-14(2)6-10/h10,16H,3-8H2,1-2H3. The molecular weight excluding hydrogens is 204 g/mol. The number of aliphatic imine (C=N–C) groups is 1. The number of aliphatic hydroxyl groups is 1. The summed E-state index contributed by atoms with van der Waals surface area (Å²) in [4.78, 5) is 16.9. The molecule has 4 heteroatoms. The second-order valence-corrected chi connectivity index (χ2v) is 5.76. The summed E-state index contributed by atoms with van der Waals surface area (Å²) in [6, 6.07) is 0. The molecule has 16 heavy (non-hydrogen) atoms. The lowest BCUT2D eigenvalue weighted by molar-refractivity contribution is -0.0992. The molecule has 0 spiro atoms. The quantitative estimate of drug-likeness (QED) is 0.561. The number of rotatable bonds is 2. The lowest BCUT2D eigenvalue weighted by Crippen LogP contribution is -2.60. The van der Waals surface area contributed by atoms with Crippen LogP contribution in [-0.2, 0) is 4.79 Å². The Morgan fingerprint density at radius 3 is 2.69 bits per heavy atom. The SMILES string of the molecule is CN1CCCC(C2(N=C=O)CC(C)(O)C2)C1. The molecule has 1 unspecified atom stereocenters. The lowest BCUT2D eigenvalue weighted by atomic mass is 9.59. The molecular formula is C12H20N2O2. The molecule has 2 fully saturated rings. The van der Waals surface area contributed by atoms with E-state index in [2.05, 4.69) is 16.9 Å². The zero-order chi connectivity index (χ0) is 11.8. The molecule has 1 saturated heterocycles. The van der Waals surface area contributed by atoms with Gasteiger partial charge in [0.25, 0.3) is 0 Å². The average molecular weight is 224 g/mol. The summed E-state index contributed by atoms with van der Waals surface area (Å²) in [5, 5.41) is 9.87. The van der Waals surface area contributed by atoms with Gasteiger partial charge in [-0.3, -0.25) is 0 Å². The van der Waals surface area contributed by atoms with Crippen LogP contribution in [0.15, 0.2) is 4.99 Å². The molecule has 2 rings (SSSR count). The lowest BCUT2D eigenvalue weighted by Gasteiger charge is -2.54. The summed E-state index contributed by atoms with van der Waals surface area (Å²) in [6.07, 6.45) is 5.17. The van der Waals surface area contributed by atoms with Gasteiger partial charge in [0.15, 0.2) is 0 Å². The van der Waals surface area contributed by atoms with Crippen LogP contribution in [-0.4, -0.2) is 47.4 Å². The third kappa shape index (κ3) is 2.05. The summed E-state index contributed by atoms with van der Waals surface area (Å²) in [6.45, 7) is 3.91. The largest absolute Gasteiger partial charge is 0.390 e. The van der Waals surface area contributed by atoms with Gasteiger partial charge in [0.05, 0.1) is 11.1 Å². The number of likely N-dealkylation sites (tertiary alicyclic amines) is 1. The average Bonchev–Trinajstić information content (AvgIpc) is 2.15. The van der Waals surface area contributed by atoms with Crippen molar-refractivity contribution in [3.8, 4) is 0 Å². The summed E-state index contributed by atoms with van der Waals surface area (Å²) in [5.74, 6) is 0.396. The molecule has 4 nitrogen and oxygen atoms in total. The molecule has 0 aromatic heterocycles. The van der Waals surface area contributed by atoms with Gasteiger partial charge in [0.2, 0.25) is 6.08 Å². The Labute approximate surface area is 96.4 Å². The van der Waals surface area contributed by atoms with E-state index in [4.69, 9.17) is 0 Å². The highest BCUT2D eigenvalue weighted by Gasteiger charge is 2.56. The first-order valence-corrected chi connectivity index (χ1v) is 5.97. The van der Waals surface area contributed by atoms with Crippen LogP contribution in [0.3, 0.4) is 0 Å². The minimum absolute atomic E-state index is 0.333. The predicted molar refractivity (Wildman–Crippen MR) is 60.9 cm³/mol. The van der Waals surface area contributed by atoms with Crippen molar-refractivity contribution in [3.63, 3.8) is 0 Å². The maximum atomic E-state index is 10.6. The van der Waals surface area contributed by atoms with Crippen molar-refractivity contribution in [1.82, 2.24) is 4.90 Å². The number of isocyanates is 1. The Morgan fingerprint density at radius 1 is 1.50 bits per heavy atom. The van der Waals surface area contributed by atoms with Gasteiger partial charge in [-0.05, 0) is 39.3 Å². The van der Waals surface area contributed by atoms with Gasteiger partial charge in [-0.15, -0.1) is 0 Å². The normalized spacial score (nSPS) is 44.6. The van der Waals surface area contributed by atoms with E-state index in [0.717, 1.165) is 25.9 Å². The maximum absolute atomic E-state index is 10.6. The highest BCUT2D eigenvalue weighted by molar-refractivity contribution is 5.37. The van der Waals surface area contributed by atoms with Crippen LogP contribution in [0, 0.1) is 5.92 Å². The number of piperidine rings is 1. The molecule has 1 heterocycles. The van der Waals surface area contributed by atoms with Crippen LogP contribution in [0.5, 0.6) is 0 Å². The van der Waals surface area contributed by atoms with Crippen molar-refractivity contribution in [1.29, 1.82) is 0 Å². The van der Waals surface area contributed by atoms with Gasteiger partial charge in [-0.1, -0.05) is 0 Å². The zero-order valence-corrected chi connectivity index (χ0v) is 10.1. The fourth-order valence-corrected chi connectivity index (χ4v) is 3.42. The Morgan fingerprint density at radius 2 is 2.19 bits per heavy atom. The minimum Gasteiger partial charge on any atom is -0.390 e. The second kappa shape index (κ2) is 3.95. The number of hydrogen-bond donors (Lipinski definition) is 1. The molecule has 1 saturated carbocycles. The van der Waals surface area contributed by atoms with Crippen LogP contribution < -0.4 is 0 Å². The molecule has 2 aliphatic rings. The smallest absolute Gasteiger partial charge is 0.235 e. The minimum atomic E-state index is -0.642. The van der Waals surface area contributed by atoms with Gasteiger partial charge in [-0.2, -0.15) is 4.99 Å². The first kappa shape index (κ1) is 11.8. The van der Waals surface area contributed by atoms with E-state index in [1.165, 1.54) is 0 Å². The third-order valence-electron chi connectivity index (χ3n) is 4.03. The summed E-state index contributed by atoms with van der Waals surface area (Å²) < 4.78 is 0. The van der Waals surface area contributed by atoms with E-state index in [-0.39, 0.29) is 5.54 Å². The van der Waals surface area contributed by atoms with Crippen LogP contribution in [0.25, 0.3) is 0 Å². The topological polar surface area (TPSA) is 52.9 Å². The molecule has 0 aromatic carbocycles. The molecule has 1 aliphatic carbocycles. The number of nitrogens with zero attached hydrogens (tertiary/aromatic N) is 2. The Hall–Kier alpha value is -0.700. The van der Waals surface area contributed by atoms with Crippen LogP contribution in [0.2, 0.25) is 0 Å². The van der Waals surface area contributed by atoms with E-state index < -0.39 is 5.60 Å². The molecule has 1 atom stereocenters. The second-order valence-electron chi connectivity index (χ2n) is 5.76. The molecule has 90 valence electrons. The van der Waals surface area contributed by atoms with Crippen molar-refractivity contribution in [2.24, 2.45) is 10.9 Å². The Bertz CT molecular complexity index is 313. The highest BCUT2D eigenvalue weighted by Crippen LogP contribution is 2.50. The molecule has 0 amide bonds. The van der Waals surface area contributed by atoms with E-state index in [1.807, 2.05) is 6.92 Å². The van der Waals surface area contributed by atoms with Crippen molar-refractivity contribution >= 4 is 6.08 Å². The molecule has 1 aliphatic heterocycles. The first-order valence-electron chi connectivity index (χ1n) is 5.97.